The highest BCUT2D eigenvalue weighted by Gasteiger charge is 2.08. The van der Waals surface area contributed by atoms with Crippen molar-refractivity contribution < 1.29 is 14.6 Å². The van der Waals surface area contributed by atoms with Crippen LogP contribution in [0, 0.1) is 0 Å². The van der Waals surface area contributed by atoms with Crippen molar-refractivity contribution in [2.75, 3.05) is 7.11 Å². The molecule has 2 N–H and O–H groups in total. The molecule has 0 aliphatic rings. The van der Waals surface area contributed by atoms with Gasteiger partial charge in [-0.05, 0) is 30.3 Å². The Kier molecular flexibility index (Phi) is 5.57. The van der Waals surface area contributed by atoms with Gasteiger partial charge in [-0.3, -0.25) is 4.79 Å². The van der Waals surface area contributed by atoms with Crippen LogP contribution >= 0.6 is 31.9 Å². The van der Waals surface area contributed by atoms with E-state index in [0.29, 0.717) is 16.9 Å². The molecule has 7 heteroatoms. The number of nitrogens with zero attached hydrogens (tertiary/aromatic N) is 1. The maximum atomic E-state index is 11.9. The molecule has 114 valence electrons. The minimum Gasteiger partial charge on any atom is -0.504 e. The largest absolute Gasteiger partial charge is 0.504 e. The molecule has 5 nitrogen and oxygen atoms in total. The van der Waals surface area contributed by atoms with Gasteiger partial charge in [-0.25, -0.2) is 5.43 Å². The van der Waals surface area contributed by atoms with Gasteiger partial charge in [0.1, 0.15) is 0 Å². The molecule has 0 spiro atoms. The van der Waals surface area contributed by atoms with Crippen LogP contribution in [0.4, 0.5) is 0 Å². The van der Waals surface area contributed by atoms with Gasteiger partial charge in [0.05, 0.1) is 13.3 Å². The lowest BCUT2D eigenvalue weighted by atomic mass is 10.2. The molecule has 0 aromatic heterocycles. The molecule has 0 aliphatic heterocycles. The fourth-order valence-corrected chi connectivity index (χ4v) is 2.56. The molecule has 0 radical (unpaired) electrons. The van der Waals surface area contributed by atoms with E-state index in [9.17, 15) is 9.90 Å². The number of methoxy groups -OCH3 is 1. The fourth-order valence-electron chi connectivity index (χ4n) is 1.70. The van der Waals surface area contributed by atoms with Crippen molar-refractivity contribution in [3.63, 3.8) is 0 Å². The maximum absolute atomic E-state index is 11.9. The summed E-state index contributed by atoms with van der Waals surface area (Å²) in [6.45, 7) is 0. The third kappa shape index (κ3) is 4.08. The van der Waals surface area contributed by atoms with Crippen LogP contribution < -0.4 is 10.2 Å². The van der Waals surface area contributed by atoms with Crippen molar-refractivity contribution in [3.8, 4) is 11.5 Å². The summed E-state index contributed by atoms with van der Waals surface area (Å²) in [6, 6.07) is 10.2. The van der Waals surface area contributed by atoms with E-state index in [1.54, 1.807) is 30.3 Å². The molecule has 0 heterocycles. The molecule has 1 amide bonds. The molecule has 0 saturated carbocycles. The number of amides is 1. The third-order valence-corrected chi connectivity index (χ3v) is 3.70. The number of nitrogens with one attached hydrogen (secondary N) is 1. The van der Waals surface area contributed by atoms with E-state index >= 15 is 0 Å². The van der Waals surface area contributed by atoms with Gasteiger partial charge < -0.3 is 9.84 Å². The van der Waals surface area contributed by atoms with Crippen LogP contribution in [0.1, 0.15) is 15.9 Å². The molecule has 0 aliphatic carbocycles. The van der Waals surface area contributed by atoms with Crippen molar-refractivity contribution in [2.45, 2.75) is 0 Å². The monoisotopic (exact) mass is 426 g/mol. The highest BCUT2D eigenvalue weighted by Crippen LogP contribution is 2.32. The summed E-state index contributed by atoms with van der Waals surface area (Å²) in [5.41, 5.74) is 3.29. The predicted octanol–water partition coefficient (Wildman–Crippen LogP) is 3.69. The molecular formula is C15H12Br2N2O3. The van der Waals surface area contributed by atoms with Crippen LogP contribution in [0.25, 0.3) is 0 Å². The average molecular weight is 428 g/mol. The zero-order chi connectivity index (χ0) is 16.1. The van der Waals surface area contributed by atoms with E-state index < -0.39 is 0 Å². The number of aromatic hydroxyl groups is 1. The SMILES string of the molecule is COc1cc(Br)cc(/C=N\NC(=O)c2cccc(Br)c2)c1O. The molecule has 2 aromatic carbocycles. The van der Waals surface area contributed by atoms with Crippen LogP contribution in [-0.4, -0.2) is 24.3 Å². The Morgan fingerprint density at radius 1 is 1.27 bits per heavy atom. The molecule has 2 aromatic rings. The van der Waals surface area contributed by atoms with Gasteiger partial charge in [-0.1, -0.05) is 37.9 Å². The van der Waals surface area contributed by atoms with E-state index in [1.807, 2.05) is 6.07 Å². The lowest BCUT2D eigenvalue weighted by Gasteiger charge is -2.06. The summed E-state index contributed by atoms with van der Waals surface area (Å²) < 4.78 is 6.57. The van der Waals surface area contributed by atoms with E-state index in [1.165, 1.54) is 13.3 Å². The van der Waals surface area contributed by atoms with Gasteiger partial charge in [0.2, 0.25) is 0 Å². The first-order valence-corrected chi connectivity index (χ1v) is 7.75. The van der Waals surface area contributed by atoms with E-state index in [4.69, 9.17) is 4.74 Å². The number of phenolic OH excluding ortho intramolecular Hbond substituents is 1. The first-order valence-electron chi connectivity index (χ1n) is 6.16. The lowest BCUT2D eigenvalue weighted by molar-refractivity contribution is 0.0955. The second-order valence-corrected chi connectivity index (χ2v) is 6.09. The Labute approximate surface area is 144 Å². The zero-order valence-corrected chi connectivity index (χ0v) is 14.7. The molecule has 0 atom stereocenters. The van der Waals surface area contributed by atoms with Crippen molar-refractivity contribution in [3.05, 3.63) is 56.5 Å². The predicted molar refractivity (Wildman–Crippen MR) is 91.6 cm³/mol. The first-order chi connectivity index (χ1) is 10.5. The maximum Gasteiger partial charge on any atom is 0.271 e. The third-order valence-electron chi connectivity index (χ3n) is 2.75. The van der Waals surface area contributed by atoms with E-state index in [0.717, 1.165) is 8.95 Å². The molecule has 22 heavy (non-hydrogen) atoms. The Bertz CT molecular complexity index is 733. The highest BCUT2D eigenvalue weighted by atomic mass is 79.9. The Balaban J connectivity index is 2.13. The average Bonchev–Trinajstić information content (AvgIpc) is 2.50. The number of phenols is 1. The second kappa shape index (κ2) is 7.42. The lowest BCUT2D eigenvalue weighted by Crippen LogP contribution is -2.17. The molecule has 0 bridgehead atoms. The number of carbonyl (C=O) groups excluding carboxylic acids is 1. The fraction of sp³-hybridized carbons (Fsp3) is 0.0667. The van der Waals surface area contributed by atoms with Crippen LogP contribution in [0.2, 0.25) is 0 Å². The van der Waals surface area contributed by atoms with Crippen LogP contribution in [0.3, 0.4) is 0 Å². The number of rotatable bonds is 4. The topological polar surface area (TPSA) is 70.9 Å². The summed E-state index contributed by atoms with van der Waals surface area (Å²) in [6.07, 6.45) is 1.35. The Morgan fingerprint density at radius 2 is 2.05 bits per heavy atom. The smallest absolute Gasteiger partial charge is 0.271 e. The number of hydrogen-bond donors (Lipinski definition) is 2. The molecule has 0 fully saturated rings. The molecule has 0 saturated heterocycles. The number of hydrogen-bond acceptors (Lipinski definition) is 4. The van der Waals surface area contributed by atoms with Crippen molar-refractivity contribution in [1.29, 1.82) is 0 Å². The standard InChI is InChI=1S/C15H12Br2N2O3/c1-22-13-7-12(17)6-10(14(13)20)8-18-19-15(21)9-3-2-4-11(16)5-9/h2-8,20H,1H3,(H,19,21)/b18-8-. The Morgan fingerprint density at radius 3 is 2.73 bits per heavy atom. The van der Waals surface area contributed by atoms with Crippen molar-refractivity contribution >= 4 is 44.0 Å². The summed E-state index contributed by atoms with van der Waals surface area (Å²) in [5.74, 6) is -0.0840. The highest BCUT2D eigenvalue weighted by molar-refractivity contribution is 9.10. The van der Waals surface area contributed by atoms with Gasteiger partial charge in [-0.15, -0.1) is 0 Å². The van der Waals surface area contributed by atoms with E-state index in [2.05, 4.69) is 42.4 Å². The Hall–Kier alpha value is -1.86. The van der Waals surface area contributed by atoms with Gasteiger partial charge >= 0.3 is 0 Å². The molecular weight excluding hydrogens is 416 g/mol. The first kappa shape index (κ1) is 16.5. The number of halogens is 2. The minimum atomic E-state index is -0.348. The van der Waals surface area contributed by atoms with Gasteiger partial charge in [-0.2, -0.15) is 5.10 Å². The van der Waals surface area contributed by atoms with Gasteiger partial charge in [0.15, 0.2) is 11.5 Å². The van der Waals surface area contributed by atoms with Gasteiger partial charge in [0, 0.05) is 20.1 Å². The van der Waals surface area contributed by atoms with Crippen LogP contribution in [-0.2, 0) is 0 Å². The molecule has 2 rings (SSSR count). The summed E-state index contributed by atoms with van der Waals surface area (Å²) in [7, 11) is 1.46. The number of ether oxygens (including phenoxy) is 1. The normalized spacial score (nSPS) is 10.7. The second-order valence-electron chi connectivity index (χ2n) is 4.26. The molecule has 0 unspecified atom stereocenters. The zero-order valence-electron chi connectivity index (χ0n) is 11.5. The minimum absolute atomic E-state index is 0.0499. The quantitative estimate of drug-likeness (QED) is 0.577. The number of hydrazone groups is 1. The van der Waals surface area contributed by atoms with Crippen molar-refractivity contribution in [1.82, 2.24) is 5.43 Å². The summed E-state index contributed by atoms with van der Waals surface area (Å²) in [4.78, 5) is 11.9. The van der Waals surface area contributed by atoms with Crippen molar-refractivity contribution in [2.24, 2.45) is 5.10 Å². The summed E-state index contributed by atoms with van der Waals surface area (Å²) in [5, 5.41) is 13.8. The van der Waals surface area contributed by atoms with Crippen LogP contribution in [0.5, 0.6) is 11.5 Å². The van der Waals surface area contributed by atoms with Gasteiger partial charge in [0.25, 0.3) is 5.91 Å². The number of carbonyl (C=O) groups is 1. The van der Waals surface area contributed by atoms with E-state index in [-0.39, 0.29) is 11.7 Å². The van der Waals surface area contributed by atoms with Crippen LogP contribution in [0.15, 0.2) is 50.4 Å². The number of benzene rings is 2. The summed E-state index contributed by atoms with van der Waals surface area (Å²) >= 11 is 6.61.